The monoisotopic (exact) mass is 296 g/mol. The zero-order valence-electron chi connectivity index (χ0n) is 8.77. The average Bonchev–Trinajstić information content (AvgIpc) is 2.74. The molecule has 2 rings (SSSR count). The smallest absolute Gasteiger partial charge is 0.0628 e. The number of thiophene rings is 1. The molecule has 0 aliphatic heterocycles. The lowest BCUT2D eigenvalue weighted by molar-refractivity contribution is 0.176. The number of rotatable bonds is 4. The molecular weight excluding hydrogens is 284 g/mol. The van der Waals surface area contributed by atoms with E-state index in [0.29, 0.717) is 6.42 Å². The Morgan fingerprint density at radius 3 is 2.50 bits per heavy atom. The van der Waals surface area contributed by atoms with Crippen molar-refractivity contribution in [1.29, 1.82) is 0 Å². The lowest BCUT2D eigenvalue weighted by Gasteiger charge is -2.09. The Bertz CT molecular complexity index is 422. The number of hydrogen-bond acceptors (Lipinski definition) is 2. The minimum absolute atomic E-state index is 0.292. The van der Waals surface area contributed by atoms with Gasteiger partial charge < -0.3 is 5.11 Å². The van der Waals surface area contributed by atoms with Crippen molar-refractivity contribution in [1.82, 2.24) is 0 Å². The first kappa shape index (κ1) is 11.8. The molecule has 0 fully saturated rings. The maximum atomic E-state index is 9.94. The molecule has 0 radical (unpaired) electrons. The van der Waals surface area contributed by atoms with Gasteiger partial charge in [0.1, 0.15) is 0 Å². The van der Waals surface area contributed by atoms with Crippen molar-refractivity contribution >= 4 is 27.3 Å². The maximum Gasteiger partial charge on any atom is 0.0628 e. The van der Waals surface area contributed by atoms with E-state index in [1.807, 2.05) is 35.7 Å². The summed E-state index contributed by atoms with van der Waals surface area (Å²) in [5.74, 6) is 0. The summed E-state index contributed by atoms with van der Waals surface area (Å²) in [4.78, 5) is 1.24. The first-order valence-corrected chi connectivity index (χ1v) is 6.86. The van der Waals surface area contributed by atoms with Gasteiger partial charge in [0.25, 0.3) is 0 Å². The molecule has 0 bridgehead atoms. The molecular formula is C13H13BrOS. The molecule has 1 atom stereocenters. The highest BCUT2D eigenvalue weighted by molar-refractivity contribution is 9.10. The average molecular weight is 297 g/mol. The third-order valence-electron chi connectivity index (χ3n) is 2.40. The summed E-state index contributed by atoms with van der Waals surface area (Å²) in [6.45, 7) is 0. The third kappa shape index (κ3) is 3.44. The number of aliphatic hydroxyl groups is 1. The van der Waals surface area contributed by atoms with Gasteiger partial charge in [0.05, 0.1) is 6.10 Å². The summed E-state index contributed by atoms with van der Waals surface area (Å²) in [5.41, 5.74) is 1.17. The number of hydrogen-bond donors (Lipinski definition) is 1. The van der Waals surface area contributed by atoms with Gasteiger partial charge in [-0.2, -0.15) is 0 Å². The Labute approximate surface area is 108 Å². The summed E-state index contributed by atoms with van der Waals surface area (Å²) in [6.07, 6.45) is 1.17. The van der Waals surface area contributed by atoms with Crippen LogP contribution in [0, 0.1) is 0 Å². The van der Waals surface area contributed by atoms with Crippen molar-refractivity contribution in [3.05, 3.63) is 56.7 Å². The number of aliphatic hydroxyl groups excluding tert-OH is 1. The van der Waals surface area contributed by atoms with Gasteiger partial charge in [-0.1, -0.05) is 34.1 Å². The molecule has 0 spiro atoms. The maximum absolute atomic E-state index is 9.94. The molecule has 1 nitrogen and oxygen atoms in total. The highest BCUT2D eigenvalue weighted by Crippen LogP contribution is 2.15. The van der Waals surface area contributed by atoms with Gasteiger partial charge >= 0.3 is 0 Å². The van der Waals surface area contributed by atoms with Gasteiger partial charge in [0, 0.05) is 15.8 Å². The molecule has 1 N–H and O–H groups in total. The van der Waals surface area contributed by atoms with Crippen molar-refractivity contribution in [2.24, 2.45) is 0 Å². The summed E-state index contributed by atoms with van der Waals surface area (Å²) >= 11 is 5.10. The molecule has 1 aromatic heterocycles. The first-order valence-electron chi connectivity index (χ1n) is 5.19. The summed E-state index contributed by atoms with van der Waals surface area (Å²) in [7, 11) is 0. The van der Waals surface area contributed by atoms with Crippen LogP contribution in [-0.2, 0) is 12.8 Å². The fourth-order valence-corrected chi connectivity index (χ4v) is 2.67. The highest BCUT2D eigenvalue weighted by atomic mass is 79.9. The predicted molar refractivity (Wildman–Crippen MR) is 71.9 cm³/mol. The van der Waals surface area contributed by atoms with Crippen LogP contribution in [0.15, 0.2) is 46.3 Å². The van der Waals surface area contributed by atoms with Crippen LogP contribution in [0.4, 0.5) is 0 Å². The van der Waals surface area contributed by atoms with Gasteiger partial charge in [-0.25, -0.2) is 0 Å². The van der Waals surface area contributed by atoms with E-state index in [-0.39, 0.29) is 6.10 Å². The molecule has 1 unspecified atom stereocenters. The topological polar surface area (TPSA) is 20.2 Å². The molecule has 84 valence electrons. The summed E-state index contributed by atoms with van der Waals surface area (Å²) in [6, 6.07) is 12.2. The Kier molecular flexibility index (Phi) is 4.16. The fourth-order valence-electron chi connectivity index (χ4n) is 1.63. The van der Waals surface area contributed by atoms with Crippen LogP contribution in [0.3, 0.4) is 0 Å². The number of benzene rings is 1. The predicted octanol–water partition coefficient (Wildman–Crippen LogP) is 3.66. The van der Waals surface area contributed by atoms with E-state index in [0.717, 1.165) is 10.9 Å². The Hall–Kier alpha value is -0.640. The first-order chi connectivity index (χ1) is 7.74. The van der Waals surface area contributed by atoms with Crippen LogP contribution in [0.1, 0.15) is 10.4 Å². The van der Waals surface area contributed by atoms with E-state index in [2.05, 4.69) is 22.0 Å². The number of halogens is 1. The largest absolute Gasteiger partial charge is 0.392 e. The zero-order chi connectivity index (χ0) is 11.4. The van der Waals surface area contributed by atoms with Crippen LogP contribution in [0.25, 0.3) is 0 Å². The molecule has 0 aliphatic rings. The second-order valence-electron chi connectivity index (χ2n) is 3.77. The standard InChI is InChI=1S/C13H13BrOS/c14-11-5-3-10(4-6-11)8-12(15)9-13-2-1-7-16-13/h1-7,12,15H,8-9H2. The quantitative estimate of drug-likeness (QED) is 0.913. The normalized spacial score (nSPS) is 12.6. The van der Waals surface area contributed by atoms with Crippen molar-refractivity contribution in [2.45, 2.75) is 18.9 Å². The third-order valence-corrected chi connectivity index (χ3v) is 3.83. The minimum Gasteiger partial charge on any atom is -0.392 e. The molecule has 0 saturated heterocycles. The highest BCUT2D eigenvalue weighted by Gasteiger charge is 2.07. The van der Waals surface area contributed by atoms with Gasteiger partial charge in [-0.3, -0.25) is 0 Å². The summed E-state index contributed by atoms with van der Waals surface area (Å²) < 4.78 is 1.07. The van der Waals surface area contributed by atoms with Gasteiger partial charge in [0.2, 0.25) is 0 Å². The van der Waals surface area contributed by atoms with Gasteiger partial charge in [-0.05, 0) is 35.6 Å². The van der Waals surface area contributed by atoms with Crippen LogP contribution < -0.4 is 0 Å². The minimum atomic E-state index is -0.292. The van der Waals surface area contributed by atoms with E-state index in [1.165, 1.54) is 10.4 Å². The van der Waals surface area contributed by atoms with Crippen molar-refractivity contribution in [3.63, 3.8) is 0 Å². The molecule has 0 saturated carbocycles. The second-order valence-corrected chi connectivity index (χ2v) is 5.72. The molecule has 1 heterocycles. The van der Waals surface area contributed by atoms with E-state index in [1.54, 1.807) is 11.3 Å². The SMILES string of the molecule is OC(Cc1ccc(Br)cc1)Cc1cccs1. The lowest BCUT2D eigenvalue weighted by atomic mass is 10.1. The van der Waals surface area contributed by atoms with E-state index in [9.17, 15) is 5.11 Å². The molecule has 0 aliphatic carbocycles. The van der Waals surface area contributed by atoms with Crippen LogP contribution in [0.2, 0.25) is 0 Å². The molecule has 0 amide bonds. The van der Waals surface area contributed by atoms with Crippen molar-refractivity contribution in [2.75, 3.05) is 0 Å². The van der Waals surface area contributed by atoms with Gasteiger partial charge in [0.15, 0.2) is 0 Å². The molecule has 3 heteroatoms. The second kappa shape index (κ2) is 5.62. The Morgan fingerprint density at radius 1 is 1.12 bits per heavy atom. The molecule has 16 heavy (non-hydrogen) atoms. The van der Waals surface area contributed by atoms with Crippen LogP contribution >= 0.6 is 27.3 Å². The fraction of sp³-hybridized carbons (Fsp3) is 0.231. The van der Waals surface area contributed by atoms with Crippen molar-refractivity contribution < 1.29 is 5.11 Å². The Balaban J connectivity index is 1.92. The summed E-state index contributed by atoms with van der Waals surface area (Å²) in [5, 5.41) is 12.0. The van der Waals surface area contributed by atoms with E-state index < -0.39 is 0 Å². The van der Waals surface area contributed by atoms with Crippen LogP contribution in [0.5, 0.6) is 0 Å². The van der Waals surface area contributed by atoms with E-state index >= 15 is 0 Å². The zero-order valence-corrected chi connectivity index (χ0v) is 11.2. The van der Waals surface area contributed by atoms with Crippen LogP contribution in [-0.4, -0.2) is 11.2 Å². The Morgan fingerprint density at radius 2 is 1.88 bits per heavy atom. The molecule has 2 aromatic rings. The molecule has 1 aromatic carbocycles. The van der Waals surface area contributed by atoms with E-state index in [4.69, 9.17) is 0 Å². The van der Waals surface area contributed by atoms with Gasteiger partial charge in [-0.15, -0.1) is 11.3 Å². The lowest BCUT2D eigenvalue weighted by Crippen LogP contribution is -2.12. The van der Waals surface area contributed by atoms with Crippen molar-refractivity contribution in [3.8, 4) is 0 Å².